The number of hydrogen-bond acceptors (Lipinski definition) is 8. The van der Waals surface area contributed by atoms with Gasteiger partial charge in [-0.3, -0.25) is 14.4 Å². The van der Waals surface area contributed by atoms with Crippen molar-refractivity contribution in [1.82, 2.24) is 26.3 Å². The average molecular weight is 790 g/mol. The molecular weight excluding hydrogens is 739 g/mol. The van der Waals surface area contributed by atoms with Crippen LogP contribution in [0.3, 0.4) is 0 Å². The van der Waals surface area contributed by atoms with Crippen molar-refractivity contribution >= 4 is 40.7 Å². The summed E-state index contributed by atoms with van der Waals surface area (Å²) >= 11 is 0. The first-order valence-corrected chi connectivity index (χ1v) is 19.2. The Morgan fingerprint density at radius 2 is 1.17 bits per heavy atom. The second kappa shape index (κ2) is 20.0. The van der Waals surface area contributed by atoms with Crippen LogP contribution >= 0.6 is 0 Å². The molecule has 0 aliphatic heterocycles. The lowest BCUT2D eigenvalue weighted by Crippen LogP contribution is -2.57. The Balaban J connectivity index is 1.26. The van der Waals surface area contributed by atoms with Gasteiger partial charge in [-0.15, -0.1) is 0 Å². The van der Waals surface area contributed by atoms with Crippen molar-refractivity contribution in [3.05, 3.63) is 138 Å². The van der Waals surface area contributed by atoms with E-state index in [1.54, 1.807) is 51.2 Å². The fourth-order valence-corrected chi connectivity index (χ4v) is 5.99. The van der Waals surface area contributed by atoms with Crippen LogP contribution in [0.5, 0.6) is 5.75 Å². The second-order valence-corrected chi connectivity index (χ2v) is 15.0. The zero-order valence-corrected chi connectivity index (χ0v) is 33.4. The number of benzene rings is 4. The van der Waals surface area contributed by atoms with Crippen LogP contribution in [0, 0.1) is 0 Å². The highest BCUT2D eigenvalue weighted by Gasteiger charge is 2.31. The zero-order valence-electron chi connectivity index (χ0n) is 33.4. The van der Waals surface area contributed by atoms with Crippen LogP contribution in [0.4, 0.5) is 4.79 Å². The van der Waals surface area contributed by atoms with Gasteiger partial charge in [-0.05, 0) is 75.1 Å². The Morgan fingerprint density at radius 1 is 0.603 bits per heavy atom. The van der Waals surface area contributed by atoms with Crippen molar-refractivity contribution in [2.45, 2.75) is 90.4 Å². The van der Waals surface area contributed by atoms with Crippen molar-refractivity contribution < 1.29 is 38.2 Å². The predicted molar refractivity (Wildman–Crippen MR) is 219 cm³/mol. The number of amides is 4. The number of aromatic amines is 1. The second-order valence-electron chi connectivity index (χ2n) is 15.0. The molecule has 5 rings (SSSR count). The van der Waals surface area contributed by atoms with Crippen molar-refractivity contribution in [3.63, 3.8) is 0 Å². The number of ether oxygens (including phenoxy) is 3. The molecule has 4 amide bonds. The molecule has 5 N–H and O–H groups in total. The molecule has 4 aromatic carbocycles. The summed E-state index contributed by atoms with van der Waals surface area (Å²) in [7, 11) is 0. The lowest BCUT2D eigenvalue weighted by atomic mass is 10.0. The molecule has 0 aliphatic carbocycles. The van der Waals surface area contributed by atoms with Gasteiger partial charge in [0.2, 0.25) is 17.7 Å². The number of nitrogens with one attached hydrogen (secondary N) is 5. The fourth-order valence-electron chi connectivity index (χ4n) is 5.99. The Morgan fingerprint density at radius 3 is 1.81 bits per heavy atom. The molecular formula is C45H51N5O8. The largest absolute Gasteiger partial charge is 0.489 e. The first-order valence-electron chi connectivity index (χ1n) is 19.2. The summed E-state index contributed by atoms with van der Waals surface area (Å²) in [6.07, 6.45) is 1.10. The van der Waals surface area contributed by atoms with E-state index in [9.17, 15) is 24.0 Å². The van der Waals surface area contributed by atoms with Crippen LogP contribution in [0.25, 0.3) is 10.9 Å². The number of H-pyrrole nitrogens is 1. The standard InChI is InChI=1S/C45H51N5O8/c1-29(47-41(52)38(50-44(55)58-45(3,4)5)24-31-20-22-35(23-21-31)56-27-32-14-8-6-9-15-32)40(51)49-39(25-34-26-46-37-19-13-12-18-36(34)37)42(53)48-30(2)43(54)57-28-33-16-10-7-11-17-33/h6-23,26,29-30,38-39,46H,24-25,27-28H2,1-5H3,(H,47,52)(H,48,53)(H,49,51)(H,50,55)/t29-,30-,38+,39+/m1/s1. The van der Waals surface area contributed by atoms with Gasteiger partial charge in [-0.2, -0.15) is 0 Å². The van der Waals surface area contributed by atoms with Gasteiger partial charge in [0, 0.05) is 29.9 Å². The third-order valence-electron chi connectivity index (χ3n) is 9.04. The molecule has 0 aliphatic rings. The molecule has 0 fully saturated rings. The summed E-state index contributed by atoms with van der Waals surface area (Å²) in [5, 5.41) is 11.6. The number of hydrogen-bond donors (Lipinski definition) is 5. The number of alkyl carbamates (subject to hydrolysis) is 1. The minimum absolute atomic E-state index is 0.0326. The Kier molecular flexibility index (Phi) is 14.7. The Hall–Kier alpha value is -6.63. The first-order chi connectivity index (χ1) is 27.7. The van der Waals surface area contributed by atoms with Gasteiger partial charge in [0.05, 0.1) is 0 Å². The highest BCUT2D eigenvalue weighted by atomic mass is 16.6. The average Bonchev–Trinajstić information content (AvgIpc) is 3.61. The van der Waals surface area contributed by atoms with Gasteiger partial charge in [0.15, 0.2) is 0 Å². The summed E-state index contributed by atoms with van der Waals surface area (Å²) in [6.45, 7) is 8.52. The number of para-hydroxylation sites is 1. The van der Waals surface area contributed by atoms with Gasteiger partial charge in [-0.25, -0.2) is 9.59 Å². The molecule has 5 aromatic rings. The van der Waals surface area contributed by atoms with E-state index in [4.69, 9.17) is 14.2 Å². The van der Waals surface area contributed by atoms with Crippen LogP contribution in [0.1, 0.15) is 56.9 Å². The summed E-state index contributed by atoms with van der Waals surface area (Å²) < 4.78 is 16.7. The molecule has 58 heavy (non-hydrogen) atoms. The molecule has 13 heteroatoms. The Bertz CT molecular complexity index is 2150. The van der Waals surface area contributed by atoms with Gasteiger partial charge < -0.3 is 40.5 Å². The van der Waals surface area contributed by atoms with E-state index in [2.05, 4.69) is 26.3 Å². The van der Waals surface area contributed by atoms with E-state index in [1.807, 2.05) is 84.9 Å². The minimum Gasteiger partial charge on any atom is -0.489 e. The lowest BCUT2D eigenvalue weighted by molar-refractivity contribution is -0.148. The molecule has 304 valence electrons. The van der Waals surface area contributed by atoms with E-state index >= 15 is 0 Å². The Labute approximate surface area is 338 Å². The quantitative estimate of drug-likeness (QED) is 0.0750. The van der Waals surface area contributed by atoms with Crippen LogP contribution in [0.2, 0.25) is 0 Å². The molecule has 0 unspecified atom stereocenters. The minimum atomic E-state index is -1.14. The predicted octanol–water partition coefficient (Wildman–Crippen LogP) is 5.66. The number of fused-ring (bicyclic) bond motifs is 1. The van der Waals surface area contributed by atoms with Gasteiger partial charge >= 0.3 is 12.1 Å². The molecule has 1 heterocycles. The molecule has 0 saturated heterocycles. The van der Waals surface area contributed by atoms with E-state index in [0.29, 0.717) is 17.9 Å². The molecule has 0 spiro atoms. The molecule has 13 nitrogen and oxygen atoms in total. The topological polar surface area (TPSA) is 177 Å². The molecule has 1 aromatic heterocycles. The molecule has 4 atom stereocenters. The molecule has 0 bridgehead atoms. The third-order valence-corrected chi connectivity index (χ3v) is 9.04. The van der Waals surface area contributed by atoms with Gasteiger partial charge in [-0.1, -0.05) is 91.0 Å². The first kappa shape index (κ1) is 42.5. The van der Waals surface area contributed by atoms with E-state index in [0.717, 1.165) is 27.6 Å². The van der Waals surface area contributed by atoms with Crippen molar-refractivity contribution in [3.8, 4) is 5.75 Å². The fraction of sp³-hybridized carbons (Fsp3) is 0.311. The van der Waals surface area contributed by atoms with Crippen molar-refractivity contribution in [1.29, 1.82) is 0 Å². The lowest BCUT2D eigenvalue weighted by Gasteiger charge is -2.25. The SMILES string of the molecule is C[C@@H](NC(=O)[C@H](Cc1ccc(OCc2ccccc2)cc1)NC(=O)OC(C)(C)C)C(=O)N[C@@H](Cc1c[nH]c2ccccc12)C(=O)N[C@H](C)C(=O)OCc1ccccc1. The summed E-state index contributed by atoms with van der Waals surface area (Å²) in [5.41, 5.74) is 3.30. The number of carbonyl (C=O) groups is 5. The van der Waals surface area contributed by atoms with Crippen molar-refractivity contribution in [2.75, 3.05) is 0 Å². The summed E-state index contributed by atoms with van der Waals surface area (Å²) in [6, 6.07) is 29.1. The molecule has 0 saturated carbocycles. The maximum absolute atomic E-state index is 13.8. The zero-order chi connectivity index (χ0) is 41.7. The smallest absolute Gasteiger partial charge is 0.408 e. The van der Waals surface area contributed by atoms with E-state index < -0.39 is 59.6 Å². The maximum Gasteiger partial charge on any atom is 0.408 e. The normalized spacial score (nSPS) is 13.3. The van der Waals surface area contributed by atoms with Crippen LogP contribution in [-0.4, -0.2) is 64.5 Å². The van der Waals surface area contributed by atoms with Crippen LogP contribution in [-0.2, 0) is 54.7 Å². The third kappa shape index (κ3) is 13.0. The highest BCUT2D eigenvalue weighted by Crippen LogP contribution is 2.20. The number of esters is 1. The van der Waals surface area contributed by atoms with Crippen molar-refractivity contribution in [2.24, 2.45) is 0 Å². The van der Waals surface area contributed by atoms with Crippen LogP contribution < -0.4 is 26.0 Å². The number of carbonyl (C=O) groups excluding carboxylic acids is 5. The highest BCUT2D eigenvalue weighted by molar-refractivity contribution is 5.95. The van der Waals surface area contributed by atoms with E-state index in [1.165, 1.54) is 13.8 Å². The number of rotatable bonds is 17. The van der Waals surface area contributed by atoms with E-state index in [-0.39, 0.29) is 19.4 Å². The maximum atomic E-state index is 13.8. The van der Waals surface area contributed by atoms with Crippen LogP contribution in [0.15, 0.2) is 115 Å². The molecule has 0 radical (unpaired) electrons. The summed E-state index contributed by atoms with van der Waals surface area (Å²) in [5.74, 6) is -1.95. The number of aromatic nitrogens is 1. The summed E-state index contributed by atoms with van der Waals surface area (Å²) in [4.78, 5) is 70.2. The van der Waals surface area contributed by atoms with Gasteiger partial charge in [0.25, 0.3) is 0 Å². The van der Waals surface area contributed by atoms with Gasteiger partial charge in [0.1, 0.15) is 48.7 Å². The monoisotopic (exact) mass is 789 g/mol.